The first-order valence-corrected chi connectivity index (χ1v) is 11.0. The lowest BCUT2D eigenvalue weighted by atomic mass is 9.96. The summed E-state index contributed by atoms with van der Waals surface area (Å²) in [6, 6.07) is 13.9. The Bertz CT molecular complexity index is 981. The van der Waals surface area contributed by atoms with Gasteiger partial charge in [0.2, 0.25) is 0 Å². The van der Waals surface area contributed by atoms with Gasteiger partial charge in [-0.1, -0.05) is 12.1 Å². The van der Waals surface area contributed by atoms with E-state index in [4.69, 9.17) is 5.11 Å². The quantitative estimate of drug-likeness (QED) is 0.480. The number of halogens is 5. The van der Waals surface area contributed by atoms with Crippen LogP contribution in [-0.2, 0) is 6.54 Å². The number of benzene rings is 2. The Morgan fingerprint density at radius 1 is 0.971 bits per heavy atom. The van der Waals surface area contributed by atoms with Gasteiger partial charge in [0.15, 0.2) is 6.61 Å². The summed E-state index contributed by atoms with van der Waals surface area (Å²) in [5, 5.41) is 12.5. The summed E-state index contributed by atoms with van der Waals surface area (Å²) in [5.41, 5.74) is 2.08. The van der Waals surface area contributed by atoms with E-state index in [1.54, 1.807) is 24.3 Å². The minimum atomic E-state index is -5.65. The molecule has 0 unspecified atom stereocenters. The van der Waals surface area contributed by atoms with Gasteiger partial charge >= 0.3 is 18.1 Å². The summed E-state index contributed by atoms with van der Waals surface area (Å²) in [4.78, 5) is 13.5. The smallest absolute Gasteiger partial charge is 0.456 e. The number of anilines is 1. The van der Waals surface area contributed by atoms with Crippen LogP contribution in [0.2, 0.25) is 0 Å². The number of aromatic carboxylic acids is 1. The minimum absolute atomic E-state index is 0.0571. The molecule has 2 aromatic carbocycles. The molecule has 184 valence electrons. The van der Waals surface area contributed by atoms with Gasteiger partial charge in [0.1, 0.15) is 5.75 Å². The van der Waals surface area contributed by atoms with Crippen LogP contribution >= 0.6 is 0 Å². The normalized spacial score (nSPS) is 23.0. The molecule has 2 bridgehead atoms. The van der Waals surface area contributed by atoms with E-state index in [9.17, 15) is 26.7 Å². The predicted molar refractivity (Wildman–Crippen MR) is 115 cm³/mol. The number of carboxylic acid groups (broad SMARTS) is 1. The third-order valence-electron chi connectivity index (χ3n) is 6.51. The van der Waals surface area contributed by atoms with Crippen molar-refractivity contribution in [2.24, 2.45) is 0 Å². The Morgan fingerprint density at radius 2 is 1.56 bits per heavy atom. The Balaban J connectivity index is 1.30. The fourth-order valence-electron chi connectivity index (χ4n) is 4.75. The van der Waals surface area contributed by atoms with E-state index in [2.05, 4.69) is 15.0 Å². The largest absolute Gasteiger partial charge is 0.487 e. The first-order valence-electron chi connectivity index (χ1n) is 11.0. The number of rotatable bonds is 8. The van der Waals surface area contributed by atoms with Crippen molar-refractivity contribution in [2.75, 3.05) is 11.9 Å². The number of nitrogens with one attached hydrogen (secondary N) is 1. The Labute approximate surface area is 193 Å². The first-order chi connectivity index (χ1) is 16.0. The van der Waals surface area contributed by atoms with Crippen LogP contribution in [0.4, 0.5) is 27.6 Å². The van der Waals surface area contributed by atoms with Crippen LogP contribution in [0.25, 0.3) is 0 Å². The number of carboxylic acids is 1. The molecule has 3 atom stereocenters. The number of ether oxygens (including phenoxy) is 1. The summed E-state index contributed by atoms with van der Waals surface area (Å²) in [6.07, 6.45) is -1.66. The number of carbonyl (C=O) groups is 1. The molecular weight excluding hydrogens is 459 g/mol. The number of fused-ring (bicyclic) bond motifs is 2. The lowest BCUT2D eigenvalue weighted by Crippen LogP contribution is -2.46. The Morgan fingerprint density at radius 3 is 2.09 bits per heavy atom. The molecule has 0 aromatic heterocycles. The lowest BCUT2D eigenvalue weighted by molar-refractivity contribution is -0.290. The van der Waals surface area contributed by atoms with Crippen LogP contribution in [0.3, 0.4) is 0 Å². The third kappa shape index (κ3) is 5.43. The van der Waals surface area contributed by atoms with E-state index in [1.165, 1.54) is 12.1 Å². The van der Waals surface area contributed by atoms with Gasteiger partial charge in [-0.3, -0.25) is 4.90 Å². The van der Waals surface area contributed by atoms with Crippen molar-refractivity contribution in [1.82, 2.24) is 4.90 Å². The number of nitrogens with zero attached hydrogens (tertiary/aromatic N) is 1. The van der Waals surface area contributed by atoms with Gasteiger partial charge in [-0.15, -0.1) is 0 Å². The SMILES string of the molecule is O=C(O)c1ccc(CN2[C@@H]3CC[C@H]2C[C@H](Nc2ccc(OCC(F)(F)C(F)(F)F)cc2)C3)cc1. The van der Waals surface area contributed by atoms with Crippen molar-refractivity contribution in [3.63, 3.8) is 0 Å². The van der Waals surface area contributed by atoms with E-state index in [0.717, 1.165) is 43.5 Å². The summed E-state index contributed by atoms with van der Waals surface area (Å²) in [5.74, 6) is -5.91. The maximum atomic E-state index is 13.0. The molecule has 0 saturated carbocycles. The summed E-state index contributed by atoms with van der Waals surface area (Å²) in [7, 11) is 0. The molecule has 4 rings (SSSR count). The standard InChI is InChI=1S/C24H25F5N2O3/c25-23(26,24(27,28)29)14-34-21-9-5-17(6-10-21)30-18-11-19-7-8-20(12-18)31(19)13-15-1-3-16(4-2-15)22(32)33/h1-6,9-10,18-20,30H,7-8,11-14H2,(H,32,33)/t18-,19-,20+. The van der Waals surface area contributed by atoms with E-state index in [1.807, 2.05) is 12.1 Å². The molecule has 2 heterocycles. The zero-order valence-electron chi connectivity index (χ0n) is 18.2. The third-order valence-corrected chi connectivity index (χ3v) is 6.51. The van der Waals surface area contributed by atoms with E-state index in [-0.39, 0.29) is 17.4 Å². The summed E-state index contributed by atoms with van der Waals surface area (Å²) >= 11 is 0. The Hall–Kier alpha value is -2.88. The van der Waals surface area contributed by atoms with Crippen molar-refractivity contribution in [3.05, 3.63) is 59.7 Å². The topological polar surface area (TPSA) is 61.8 Å². The average molecular weight is 484 g/mol. The van der Waals surface area contributed by atoms with Gasteiger partial charge in [-0.05, 0) is 67.6 Å². The number of hydrogen-bond donors (Lipinski definition) is 2. The van der Waals surface area contributed by atoms with Crippen molar-refractivity contribution >= 4 is 11.7 Å². The maximum Gasteiger partial charge on any atom is 0.456 e. The number of alkyl halides is 5. The van der Waals surface area contributed by atoms with Crippen LogP contribution in [0, 0.1) is 0 Å². The van der Waals surface area contributed by atoms with Gasteiger partial charge in [0.25, 0.3) is 0 Å². The first kappa shape index (κ1) is 24.3. The van der Waals surface area contributed by atoms with Gasteiger partial charge in [0, 0.05) is 30.4 Å². The van der Waals surface area contributed by atoms with Crippen molar-refractivity contribution in [1.29, 1.82) is 0 Å². The predicted octanol–water partition coefficient (Wildman–Crippen LogP) is 5.57. The Kier molecular flexibility index (Phi) is 6.71. The highest BCUT2D eigenvalue weighted by Gasteiger charge is 2.58. The van der Waals surface area contributed by atoms with Crippen LogP contribution in [0.5, 0.6) is 5.75 Å². The summed E-state index contributed by atoms with van der Waals surface area (Å²) < 4.78 is 67.4. The van der Waals surface area contributed by atoms with E-state index in [0.29, 0.717) is 12.1 Å². The second kappa shape index (κ2) is 9.40. The molecule has 2 saturated heterocycles. The van der Waals surface area contributed by atoms with Crippen molar-refractivity contribution < 1.29 is 36.6 Å². The molecule has 34 heavy (non-hydrogen) atoms. The molecule has 2 aliphatic heterocycles. The zero-order valence-corrected chi connectivity index (χ0v) is 18.2. The van der Waals surface area contributed by atoms with Gasteiger partial charge in [0.05, 0.1) is 5.56 Å². The van der Waals surface area contributed by atoms with Gasteiger partial charge in [-0.25, -0.2) is 4.79 Å². The molecule has 0 amide bonds. The molecule has 2 aliphatic rings. The van der Waals surface area contributed by atoms with Crippen LogP contribution in [0.1, 0.15) is 41.6 Å². The van der Waals surface area contributed by atoms with E-state index < -0.39 is 24.7 Å². The average Bonchev–Trinajstić information content (AvgIpc) is 3.00. The zero-order chi connectivity index (χ0) is 24.5. The second-order valence-corrected chi connectivity index (χ2v) is 8.89. The fourth-order valence-corrected chi connectivity index (χ4v) is 4.75. The number of piperidine rings is 1. The second-order valence-electron chi connectivity index (χ2n) is 8.89. The minimum Gasteiger partial charge on any atom is -0.487 e. The van der Waals surface area contributed by atoms with Crippen LogP contribution < -0.4 is 10.1 Å². The molecule has 2 N–H and O–H groups in total. The monoisotopic (exact) mass is 484 g/mol. The van der Waals surface area contributed by atoms with Crippen LogP contribution in [0.15, 0.2) is 48.5 Å². The maximum absolute atomic E-state index is 13.0. The molecule has 0 aliphatic carbocycles. The highest BCUT2D eigenvalue weighted by atomic mass is 19.4. The number of hydrogen-bond acceptors (Lipinski definition) is 4. The molecule has 2 fully saturated rings. The van der Waals surface area contributed by atoms with Crippen LogP contribution in [-0.4, -0.2) is 52.8 Å². The highest BCUT2D eigenvalue weighted by molar-refractivity contribution is 5.87. The fraction of sp³-hybridized carbons (Fsp3) is 0.458. The molecule has 0 radical (unpaired) electrons. The van der Waals surface area contributed by atoms with Gasteiger partial charge < -0.3 is 15.2 Å². The summed E-state index contributed by atoms with van der Waals surface area (Å²) in [6.45, 7) is -0.999. The molecule has 2 aromatic rings. The molecule has 5 nitrogen and oxygen atoms in total. The molecular formula is C24H25F5N2O3. The molecule has 10 heteroatoms. The lowest BCUT2D eigenvalue weighted by Gasteiger charge is -2.39. The molecule has 0 spiro atoms. The van der Waals surface area contributed by atoms with Crippen molar-refractivity contribution in [3.8, 4) is 5.75 Å². The van der Waals surface area contributed by atoms with Crippen molar-refractivity contribution in [2.45, 2.75) is 62.5 Å². The highest BCUT2D eigenvalue weighted by Crippen LogP contribution is 2.38. The van der Waals surface area contributed by atoms with Gasteiger partial charge in [-0.2, -0.15) is 22.0 Å². The van der Waals surface area contributed by atoms with E-state index >= 15 is 0 Å².